The van der Waals surface area contributed by atoms with Gasteiger partial charge in [0.2, 0.25) is 0 Å². The highest BCUT2D eigenvalue weighted by Crippen LogP contribution is 2.17. The van der Waals surface area contributed by atoms with Crippen molar-refractivity contribution in [2.45, 2.75) is 19.5 Å². The lowest BCUT2D eigenvalue weighted by atomic mass is 10.3. The lowest BCUT2D eigenvalue weighted by Crippen LogP contribution is -2.30. The summed E-state index contributed by atoms with van der Waals surface area (Å²) in [6, 6.07) is 2.76. The molecule has 0 aliphatic rings. The minimum atomic E-state index is 0.426. The zero-order valence-electron chi connectivity index (χ0n) is 10.7. The molecule has 1 aromatic rings. The summed E-state index contributed by atoms with van der Waals surface area (Å²) in [5.74, 6) is 7.12. The van der Waals surface area contributed by atoms with Crippen molar-refractivity contribution in [2.24, 2.45) is 5.73 Å². The van der Waals surface area contributed by atoms with Gasteiger partial charge in [0, 0.05) is 34.2 Å². The Balaban J connectivity index is 2.54. The van der Waals surface area contributed by atoms with Crippen LogP contribution in [0, 0.1) is 11.8 Å². The topological polar surface area (TPSA) is 29.3 Å². The monoisotopic (exact) mass is 268 g/mol. The van der Waals surface area contributed by atoms with Crippen molar-refractivity contribution in [3.63, 3.8) is 0 Å². The van der Waals surface area contributed by atoms with E-state index in [0.29, 0.717) is 12.6 Å². The Morgan fingerprint density at radius 2 is 2.35 bits per heavy atom. The summed E-state index contributed by atoms with van der Waals surface area (Å²) >= 11 is 3.66. The molecule has 1 rings (SSSR count). The summed E-state index contributed by atoms with van der Waals surface area (Å²) in [4.78, 5) is 3.74. The summed E-state index contributed by atoms with van der Waals surface area (Å²) in [5.41, 5.74) is 6.44. The van der Waals surface area contributed by atoms with Crippen molar-refractivity contribution in [1.82, 2.24) is 4.90 Å². The highest BCUT2D eigenvalue weighted by molar-refractivity contribution is 7.98. The van der Waals surface area contributed by atoms with Crippen LogP contribution >= 0.6 is 23.1 Å². The SMILES string of the molecule is CSCC(C)N(C)Cc1cc(C#CCN)cs1. The molecule has 2 nitrogen and oxygen atoms in total. The van der Waals surface area contributed by atoms with E-state index in [2.05, 4.69) is 48.4 Å². The van der Waals surface area contributed by atoms with E-state index in [1.165, 1.54) is 10.6 Å². The van der Waals surface area contributed by atoms with Crippen LogP contribution < -0.4 is 5.73 Å². The first-order valence-electron chi connectivity index (χ1n) is 5.63. The molecule has 1 aromatic heterocycles. The van der Waals surface area contributed by atoms with Gasteiger partial charge in [0.1, 0.15) is 0 Å². The fourth-order valence-corrected chi connectivity index (χ4v) is 3.07. The van der Waals surface area contributed by atoms with Crippen molar-refractivity contribution < 1.29 is 0 Å². The Morgan fingerprint density at radius 3 is 3.00 bits per heavy atom. The lowest BCUT2D eigenvalue weighted by Gasteiger charge is -2.23. The third kappa shape index (κ3) is 5.13. The Kier molecular flexibility index (Phi) is 6.68. The van der Waals surface area contributed by atoms with Gasteiger partial charge >= 0.3 is 0 Å². The average Bonchev–Trinajstić information content (AvgIpc) is 2.74. The predicted molar refractivity (Wildman–Crippen MR) is 79.6 cm³/mol. The Hall–Kier alpha value is -0.470. The van der Waals surface area contributed by atoms with Crippen LogP contribution in [0.15, 0.2) is 11.4 Å². The number of hydrogen-bond donors (Lipinski definition) is 1. The van der Waals surface area contributed by atoms with Gasteiger partial charge in [0.15, 0.2) is 0 Å². The second kappa shape index (κ2) is 7.78. The molecule has 0 aliphatic heterocycles. The van der Waals surface area contributed by atoms with Gasteiger partial charge < -0.3 is 5.73 Å². The van der Waals surface area contributed by atoms with Gasteiger partial charge in [0.25, 0.3) is 0 Å². The predicted octanol–water partition coefficient (Wildman–Crippen LogP) is 2.24. The summed E-state index contributed by atoms with van der Waals surface area (Å²) < 4.78 is 0. The highest BCUT2D eigenvalue weighted by Gasteiger charge is 2.09. The largest absolute Gasteiger partial charge is 0.320 e. The van der Waals surface area contributed by atoms with Crippen molar-refractivity contribution in [2.75, 3.05) is 25.6 Å². The maximum absolute atomic E-state index is 5.36. The molecule has 1 unspecified atom stereocenters. The fraction of sp³-hybridized carbons (Fsp3) is 0.538. The second-order valence-corrected chi connectivity index (χ2v) is 5.93. The zero-order valence-corrected chi connectivity index (χ0v) is 12.3. The zero-order chi connectivity index (χ0) is 12.7. The number of nitrogens with zero attached hydrogens (tertiary/aromatic N) is 1. The molecule has 17 heavy (non-hydrogen) atoms. The van der Waals surface area contributed by atoms with Crippen LogP contribution in [0.5, 0.6) is 0 Å². The van der Waals surface area contributed by atoms with Crippen LogP contribution in [0.1, 0.15) is 17.4 Å². The minimum Gasteiger partial charge on any atom is -0.320 e. The minimum absolute atomic E-state index is 0.426. The second-order valence-electron chi connectivity index (χ2n) is 4.03. The van der Waals surface area contributed by atoms with Crippen molar-refractivity contribution in [1.29, 1.82) is 0 Å². The molecule has 94 valence electrons. The van der Waals surface area contributed by atoms with Crippen LogP contribution in [-0.4, -0.2) is 36.5 Å². The Bertz CT molecular complexity index is 390. The number of rotatable bonds is 5. The normalized spacial score (nSPS) is 12.3. The summed E-state index contributed by atoms with van der Waals surface area (Å²) in [7, 11) is 2.17. The Labute approximate surface area is 113 Å². The van der Waals surface area contributed by atoms with Gasteiger partial charge in [-0.1, -0.05) is 11.8 Å². The first-order valence-corrected chi connectivity index (χ1v) is 7.90. The summed E-state index contributed by atoms with van der Waals surface area (Å²) in [6.07, 6.45) is 2.15. The van der Waals surface area contributed by atoms with Gasteiger partial charge in [-0.15, -0.1) is 11.3 Å². The van der Waals surface area contributed by atoms with E-state index in [1.54, 1.807) is 11.3 Å². The summed E-state index contributed by atoms with van der Waals surface area (Å²) in [6.45, 7) is 3.69. The molecular formula is C13H20N2S2. The van der Waals surface area contributed by atoms with Gasteiger partial charge in [-0.2, -0.15) is 11.8 Å². The molecule has 0 aliphatic carbocycles. The molecule has 0 radical (unpaired) electrons. The molecular weight excluding hydrogens is 248 g/mol. The number of nitrogens with two attached hydrogens (primary N) is 1. The molecule has 2 N–H and O–H groups in total. The third-order valence-electron chi connectivity index (χ3n) is 2.55. The van der Waals surface area contributed by atoms with Crippen LogP contribution in [0.4, 0.5) is 0 Å². The molecule has 0 amide bonds. The highest BCUT2D eigenvalue weighted by atomic mass is 32.2. The molecule has 0 fully saturated rings. The van der Waals surface area contributed by atoms with E-state index < -0.39 is 0 Å². The Morgan fingerprint density at radius 1 is 1.59 bits per heavy atom. The van der Waals surface area contributed by atoms with Crippen LogP contribution in [-0.2, 0) is 6.54 Å². The molecule has 0 aromatic carbocycles. The van der Waals surface area contributed by atoms with Crippen LogP contribution in [0.25, 0.3) is 0 Å². The van der Waals surface area contributed by atoms with E-state index in [9.17, 15) is 0 Å². The van der Waals surface area contributed by atoms with Gasteiger partial charge in [-0.05, 0) is 26.3 Å². The van der Waals surface area contributed by atoms with E-state index in [0.717, 1.165) is 12.1 Å². The van der Waals surface area contributed by atoms with Crippen LogP contribution in [0.3, 0.4) is 0 Å². The third-order valence-corrected chi connectivity index (χ3v) is 4.29. The summed E-state index contributed by atoms with van der Waals surface area (Å²) in [5, 5.41) is 2.10. The molecule has 0 saturated carbocycles. The van der Waals surface area contributed by atoms with Crippen molar-refractivity contribution in [3.05, 3.63) is 21.9 Å². The molecule has 1 atom stereocenters. The maximum Gasteiger partial charge on any atom is 0.0555 e. The first kappa shape index (κ1) is 14.6. The van der Waals surface area contributed by atoms with E-state index in [4.69, 9.17) is 5.73 Å². The van der Waals surface area contributed by atoms with Crippen molar-refractivity contribution in [3.8, 4) is 11.8 Å². The van der Waals surface area contributed by atoms with Gasteiger partial charge in [-0.25, -0.2) is 0 Å². The maximum atomic E-state index is 5.36. The van der Waals surface area contributed by atoms with E-state index >= 15 is 0 Å². The molecule has 0 bridgehead atoms. The standard InChI is InChI=1S/C13H20N2S2/c1-11(9-16-3)15(2)8-13-7-12(10-17-13)5-4-6-14/h7,10-11H,6,8-9,14H2,1-3H3. The van der Waals surface area contributed by atoms with Crippen molar-refractivity contribution >= 4 is 23.1 Å². The smallest absolute Gasteiger partial charge is 0.0555 e. The molecule has 0 saturated heterocycles. The number of thioether (sulfide) groups is 1. The van der Waals surface area contributed by atoms with Gasteiger partial charge in [0.05, 0.1) is 6.54 Å². The van der Waals surface area contributed by atoms with Crippen LogP contribution in [0.2, 0.25) is 0 Å². The first-order chi connectivity index (χ1) is 8.17. The van der Waals surface area contributed by atoms with E-state index in [-0.39, 0.29) is 0 Å². The number of thiophene rings is 1. The lowest BCUT2D eigenvalue weighted by molar-refractivity contribution is 0.272. The number of hydrogen-bond acceptors (Lipinski definition) is 4. The van der Waals surface area contributed by atoms with E-state index in [1.807, 2.05) is 11.8 Å². The average molecular weight is 268 g/mol. The fourth-order valence-electron chi connectivity index (χ4n) is 1.45. The van der Waals surface area contributed by atoms with Gasteiger partial charge in [-0.3, -0.25) is 4.90 Å². The molecule has 1 heterocycles. The molecule has 0 spiro atoms. The quantitative estimate of drug-likeness (QED) is 0.831. The molecule has 4 heteroatoms.